The first-order valence-electron chi connectivity index (χ1n) is 6.38. The average Bonchev–Trinajstić information content (AvgIpc) is 2.79. The van der Waals surface area contributed by atoms with Gasteiger partial charge in [-0.25, -0.2) is 4.79 Å². The second kappa shape index (κ2) is 6.26. The standard InChI is InChI=1S/C14H14BrNO5/c15-10-4-2-1-3-8(10)5-11(14(20)21)16-7-9(13(18)19)6-12(16)17/h1-4,9,11H,5-7H2,(H,18,19)(H,20,21)/t9?,11-/m0/s1. The zero-order valence-corrected chi connectivity index (χ0v) is 12.6. The summed E-state index contributed by atoms with van der Waals surface area (Å²) in [7, 11) is 0. The maximum Gasteiger partial charge on any atom is 0.326 e. The molecule has 0 radical (unpaired) electrons. The van der Waals surface area contributed by atoms with Crippen LogP contribution in [0.1, 0.15) is 12.0 Å². The number of carboxylic acids is 2. The molecule has 1 aromatic carbocycles. The van der Waals surface area contributed by atoms with Gasteiger partial charge in [-0.1, -0.05) is 34.1 Å². The molecule has 1 amide bonds. The summed E-state index contributed by atoms with van der Waals surface area (Å²) in [5.41, 5.74) is 0.761. The number of benzene rings is 1. The average molecular weight is 356 g/mol. The van der Waals surface area contributed by atoms with Crippen LogP contribution in [0.25, 0.3) is 0 Å². The van der Waals surface area contributed by atoms with E-state index in [1.165, 1.54) is 0 Å². The van der Waals surface area contributed by atoms with Crippen molar-refractivity contribution in [1.82, 2.24) is 4.90 Å². The third-order valence-electron chi connectivity index (χ3n) is 3.54. The van der Waals surface area contributed by atoms with Gasteiger partial charge in [0.2, 0.25) is 5.91 Å². The second-order valence-corrected chi connectivity index (χ2v) is 5.79. The number of hydrogen-bond donors (Lipinski definition) is 2. The minimum Gasteiger partial charge on any atom is -0.481 e. The van der Waals surface area contributed by atoms with Crippen molar-refractivity contribution in [2.75, 3.05) is 6.54 Å². The number of carbonyl (C=O) groups excluding carboxylic acids is 1. The SMILES string of the molecule is O=C(O)C1CC(=O)N([C@@H](Cc2ccccc2Br)C(=O)O)C1. The molecular weight excluding hydrogens is 342 g/mol. The highest BCUT2D eigenvalue weighted by Gasteiger charge is 2.40. The summed E-state index contributed by atoms with van der Waals surface area (Å²) in [6, 6.07) is 6.10. The van der Waals surface area contributed by atoms with Crippen LogP contribution in [0.15, 0.2) is 28.7 Å². The third-order valence-corrected chi connectivity index (χ3v) is 4.31. The molecule has 0 aromatic heterocycles. The van der Waals surface area contributed by atoms with Crippen molar-refractivity contribution in [3.8, 4) is 0 Å². The molecule has 21 heavy (non-hydrogen) atoms. The molecule has 1 heterocycles. The van der Waals surface area contributed by atoms with E-state index in [1.807, 2.05) is 6.07 Å². The predicted octanol–water partition coefficient (Wildman–Crippen LogP) is 1.38. The first-order chi connectivity index (χ1) is 9.90. The molecule has 0 bridgehead atoms. The van der Waals surface area contributed by atoms with Gasteiger partial charge in [0.15, 0.2) is 0 Å². The summed E-state index contributed by atoms with van der Waals surface area (Å²) >= 11 is 3.34. The summed E-state index contributed by atoms with van der Waals surface area (Å²) in [6.45, 7) is -0.0599. The van der Waals surface area contributed by atoms with Gasteiger partial charge >= 0.3 is 11.9 Å². The van der Waals surface area contributed by atoms with Crippen LogP contribution in [-0.4, -0.2) is 45.5 Å². The fraction of sp³-hybridized carbons (Fsp3) is 0.357. The smallest absolute Gasteiger partial charge is 0.326 e. The maximum atomic E-state index is 11.9. The third kappa shape index (κ3) is 3.41. The Balaban J connectivity index is 2.20. The van der Waals surface area contributed by atoms with Gasteiger partial charge in [-0.2, -0.15) is 0 Å². The molecule has 6 nitrogen and oxygen atoms in total. The number of carbonyl (C=O) groups is 3. The number of likely N-dealkylation sites (tertiary alicyclic amines) is 1. The molecule has 0 saturated carbocycles. The molecule has 1 saturated heterocycles. The molecule has 2 rings (SSSR count). The summed E-state index contributed by atoms with van der Waals surface area (Å²) in [5, 5.41) is 18.3. The van der Waals surface area contributed by atoms with Crippen molar-refractivity contribution in [1.29, 1.82) is 0 Å². The highest BCUT2D eigenvalue weighted by molar-refractivity contribution is 9.10. The number of halogens is 1. The van der Waals surface area contributed by atoms with Crippen LogP contribution in [0.5, 0.6) is 0 Å². The number of hydrogen-bond acceptors (Lipinski definition) is 3. The van der Waals surface area contributed by atoms with Gasteiger partial charge in [0, 0.05) is 23.9 Å². The monoisotopic (exact) mass is 355 g/mol. The Morgan fingerprint density at radius 2 is 2.00 bits per heavy atom. The van der Waals surface area contributed by atoms with E-state index < -0.39 is 29.8 Å². The lowest BCUT2D eigenvalue weighted by atomic mass is 10.0. The lowest BCUT2D eigenvalue weighted by molar-refractivity contribution is -0.148. The Morgan fingerprint density at radius 3 is 2.52 bits per heavy atom. The summed E-state index contributed by atoms with van der Waals surface area (Å²) in [5.74, 6) is -3.47. The van der Waals surface area contributed by atoms with Crippen molar-refractivity contribution in [2.24, 2.45) is 5.92 Å². The minimum atomic E-state index is -1.13. The van der Waals surface area contributed by atoms with E-state index in [2.05, 4.69) is 15.9 Å². The van der Waals surface area contributed by atoms with E-state index in [1.54, 1.807) is 18.2 Å². The van der Waals surface area contributed by atoms with E-state index in [0.717, 1.165) is 14.9 Å². The molecule has 1 fully saturated rings. The Labute approximate surface area is 129 Å². The van der Waals surface area contributed by atoms with Gasteiger partial charge in [0.1, 0.15) is 6.04 Å². The Morgan fingerprint density at radius 1 is 1.33 bits per heavy atom. The van der Waals surface area contributed by atoms with Gasteiger partial charge in [-0.15, -0.1) is 0 Å². The predicted molar refractivity (Wildman–Crippen MR) is 76.7 cm³/mol. The van der Waals surface area contributed by atoms with Crippen molar-refractivity contribution >= 4 is 33.8 Å². The van der Waals surface area contributed by atoms with Crippen LogP contribution < -0.4 is 0 Å². The second-order valence-electron chi connectivity index (χ2n) is 4.93. The van der Waals surface area contributed by atoms with Crippen LogP contribution in [0.3, 0.4) is 0 Å². The molecule has 1 aromatic rings. The summed E-state index contributed by atoms with van der Waals surface area (Å²) in [6.07, 6.45) is -0.0100. The number of aliphatic carboxylic acids is 2. The van der Waals surface area contributed by atoms with Gasteiger partial charge in [-0.3, -0.25) is 9.59 Å². The van der Waals surface area contributed by atoms with E-state index in [-0.39, 0.29) is 19.4 Å². The molecule has 2 atom stereocenters. The van der Waals surface area contributed by atoms with Crippen molar-refractivity contribution in [3.63, 3.8) is 0 Å². The largest absolute Gasteiger partial charge is 0.481 e. The zero-order valence-electron chi connectivity index (χ0n) is 11.0. The zero-order chi connectivity index (χ0) is 15.6. The van der Waals surface area contributed by atoms with Gasteiger partial charge < -0.3 is 15.1 Å². The molecule has 1 aliphatic heterocycles. The number of nitrogens with zero attached hydrogens (tertiary/aromatic N) is 1. The van der Waals surface area contributed by atoms with E-state index >= 15 is 0 Å². The van der Waals surface area contributed by atoms with Crippen LogP contribution in [-0.2, 0) is 20.8 Å². The van der Waals surface area contributed by atoms with Crippen LogP contribution in [0.2, 0.25) is 0 Å². The Hall–Kier alpha value is -1.89. The maximum absolute atomic E-state index is 11.9. The quantitative estimate of drug-likeness (QED) is 0.831. The lowest BCUT2D eigenvalue weighted by Crippen LogP contribution is -2.44. The van der Waals surface area contributed by atoms with Gasteiger partial charge in [0.05, 0.1) is 5.92 Å². The Bertz CT molecular complexity index is 588. The normalized spacial score (nSPS) is 19.6. The van der Waals surface area contributed by atoms with Gasteiger partial charge in [0.25, 0.3) is 0 Å². The van der Waals surface area contributed by atoms with Crippen molar-refractivity contribution in [2.45, 2.75) is 18.9 Å². The lowest BCUT2D eigenvalue weighted by Gasteiger charge is -2.24. The first kappa shape index (κ1) is 15.5. The van der Waals surface area contributed by atoms with Crippen molar-refractivity contribution < 1.29 is 24.6 Å². The molecule has 1 aliphatic rings. The molecule has 0 spiro atoms. The van der Waals surface area contributed by atoms with Crippen LogP contribution in [0.4, 0.5) is 0 Å². The topological polar surface area (TPSA) is 94.9 Å². The number of amides is 1. The highest BCUT2D eigenvalue weighted by Crippen LogP contribution is 2.25. The molecule has 0 aliphatic carbocycles. The molecule has 1 unspecified atom stereocenters. The fourth-order valence-corrected chi connectivity index (χ4v) is 2.85. The first-order valence-corrected chi connectivity index (χ1v) is 7.18. The van der Waals surface area contributed by atoms with Crippen LogP contribution >= 0.6 is 15.9 Å². The fourth-order valence-electron chi connectivity index (χ4n) is 2.40. The van der Waals surface area contributed by atoms with Gasteiger partial charge in [-0.05, 0) is 11.6 Å². The highest BCUT2D eigenvalue weighted by atomic mass is 79.9. The Kier molecular flexibility index (Phi) is 4.62. The molecule has 7 heteroatoms. The molecular formula is C14H14BrNO5. The van der Waals surface area contributed by atoms with E-state index in [0.29, 0.717) is 0 Å². The minimum absolute atomic E-state index is 0.0599. The summed E-state index contributed by atoms with van der Waals surface area (Å²) in [4.78, 5) is 35.5. The molecule has 112 valence electrons. The van der Waals surface area contributed by atoms with Crippen molar-refractivity contribution in [3.05, 3.63) is 34.3 Å². The van der Waals surface area contributed by atoms with E-state index in [9.17, 15) is 19.5 Å². The summed E-state index contributed by atoms with van der Waals surface area (Å²) < 4.78 is 0.762. The van der Waals surface area contributed by atoms with E-state index in [4.69, 9.17) is 5.11 Å². The van der Waals surface area contributed by atoms with Crippen LogP contribution in [0, 0.1) is 5.92 Å². The number of carboxylic acid groups (broad SMARTS) is 2. The number of rotatable bonds is 5. The molecule has 2 N–H and O–H groups in total.